The van der Waals surface area contributed by atoms with Gasteiger partial charge in [0.1, 0.15) is 11.5 Å². The first-order valence-corrected chi connectivity index (χ1v) is 10.0. The van der Waals surface area contributed by atoms with Crippen LogP contribution in [-0.2, 0) is 6.54 Å². The third-order valence-corrected chi connectivity index (χ3v) is 5.23. The van der Waals surface area contributed by atoms with E-state index >= 15 is 0 Å². The first-order chi connectivity index (χ1) is 14.0. The molecule has 5 nitrogen and oxygen atoms in total. The van der Waals surface area contributed by atoms with Crippen molar-refractivity contribution >= 4 is 5.97 Å². The van der Waals surface area contributed by atoms with E-state index in [1.54, 1.807) is 6.20 Å². The summed E-state index contributed by atoms with van der Waals surface area (Å²) in [4.78, 5) is 14.1. The van der Waals surface area contributed by atoms with E-state index in [1.807, 2.05) is 66.1 Å². The number of aromatic carboxylic acids is 1. The van der Waals surface area contributed by atoms with Crippen molar-refractivity contribution in [1.29, 1.82) is 0 Å². The Morgan fingerprint density at radius 3 is 2.34 bits per heavy atom. The fourth-order valence-electron chi connectivity index (χ4n) is 3.56. The molecule has 0 amide bonds. The van der Waals surface area contributed by atoms with Gasteiger partial charge in [0.05, 0.1) is 11.3 Å². The molecule has 0 unspecified atom stereocenters. The van der Waals surface area contributed by atoms with Crippen LogP contribution >= 0.6 is 0 Å². The van der Waals surface area contributed by atoms with Crippen LogP contribution in [0.25, 0.3) is 11.3 Å². The Morgan fingerprint density at radius 1 is 1.03 bits per heavy atom. The molecular weight excluding hydrogens is 364 g/mol. The normalized spacial score (nSPS) is 11.0. The predicted molar refractivity (Wildman–Crippen MR) is 116 cm³/mol. The number of hydrogen-bond acceptors (Lipinski definition) is 3. The molecule has 0 aliphatic carbocycles. The molecule has 29 heavy (non-hydrogen) atoms. The van der Waals surface area contributed by atoms with Crippen LogP contribution in [-0.4, -0.2) is 40.2 Å². The molecule has 0 atom stereocenters. The van der Waals surface area contributed by atoms with Crippen LogP contribution in [0.15, 0.2) is 60.8 Å². The quantitative estimate of drug-likeness (QED) is 0.537. The number of carboxylic acids is 1. The van der Waals surface area contributed by atoms with Crippen LogP contribution in [0, 0.1) is 6.92 Å². The second-order valence-electron chi connectivity index (χ2n) is 6.95. The molecule has 0 bridgehead atoms. The molecule has 0 saturated heterocycles. The molecular formula is C24H28N2O3. The van der Waals surface area contributed by atoms with E-state index in [0.717, 1.165) is 42.2 Å². The number of nitrogens with zero attached hydrogens (tertiary/aromatic N) is 2. The van der Waals surface area contributed by atoms with E-state index in [0.29, 0.717) is 17.9 Å². The maximum atomic E-state index is 11.8. The maximum absolute atomic E-state index is 11.8. The van der Waals surface area contributed by atoms with Crippen LogP contribution < -0.4 is 4.74 Å². The highest BCUT2D eigenvalue weighted by Crippen LogP contribution is 2.37. The summed E-state index contributed by atoms with van der Waals surface area (Å²) in [6.07, 6.45) is 1.75. The number of ether oxygens (including phenoxy) is 1. The van der Waals surface area contributed by atoms with Gasteiger partial charge in [0.25, 0.3) is 0 Å². The topological polar surface area (TPSA) is 54.7 Å². The zero-order valence-electron chi connectivity index (χ0n) is 17.3. The van der Waals surface area contributed by atoms with E-state index in [4.69, 9.17) is 4.74 Å². The fraction of sp³-hybridized carbons (Fsp3) is 0.292. The standard InChI is InChI=1S/C24H28N2O3/c1-4-25(5-2)15-16-26-17-21(24(27)28)18(3)23(26)20-13-9-10-14-22(20)29-19-11-7-6-8-12-19/h6-14,17H,4-5,15-16H2,1-3H3,(H,27,28). The van der Waals surface area contributed by atoms with Crippen LogP contribution in [0.5, 0.6) is 11.5 Å². The first-order valence-electron chi connectivity index (χ1n) is 10.0. The average Bonchev–Trinajstić information content (AvgIpc) is 3.06. The van der Waals surface area contributed by atoms with E-state index in [-0.39, 0.29) is 0 Å². The molecule has 1 N–H and O–H groups in total. The number of benzene rings is 2. The van der Waals surface area contributed by atoms with Crippen molar-refractivity contribution in [3.63, 3.8) is 0 Å². The minimum absolute atomic E-state index is 0.328. The number of carbonyl (C=O) groups is 1. The van der Waals surface area contributed by atoms with E-state index < -0.39 is 5.97 Å². The van der Waals surface area contributed by atoms with Gasteiger partial charge in [-0.1, -0.05) is 44.2 Å². The Bertz CT molecular complexity index is 960. The summed E-state index contributed by atoms with van der Waals surface area (Å²) >= 11 is 0. The van der Waals surface area contributed by atoms with Gasteiger partial charge in [0, 0.05) is 24.8 Å². The molecule has 3 rings (SSSR count). The van der Waals surface area contributed by atoms with Gasteiger partial charge in [0.15, 0.2) is 0 Å². The highest BCUT2D eigenvalue weighted by Gasteiger charge is 2.21. The number of para-hydroxylation sites is 2. The van der Waals surface area contributed by atoms with E-state index in [1.165, 1.54) is 0 Å². The maximum Gasteiger partial charge on any atom is 0.337 e. The van der Waals surface area contributed by atoms with Crippen molar-refractivity contribution in [2.45, 2.75) is 27.3 Å². The molecule has 5 heteroatoms. The number of hydrogen-bond donors (Lipinski definition) is 1. The molecule has 0 radical (unpaired) electrons. The van der Waals surface area contributed by atoms with Crippen molar-refractivity contribution in [3.05, 3.63) is 71.9 Å². The molecule has 1 aromatic heterocycles. The second kappa shape index (κ2) is 9.43. The Morgan fingerprint density at radius 2 is 1.69 bits per heavy atom. The lowest BCUT2D eigenvalue weighted by Gasteiger charge is -2.20. The van der Waals surface area contributed by atoms with Gasteiger partial charge in [-0.2, -0.15) is 0 Å². The number of carboxylic acid groups (broad SMARTS) is 1. The number of aromatic nitrogens is 1. The fourth-order valence-corrected chi connectivity index (χ4v) is 3.56. The Hall–Kier alpha value is -3.05. The predicted octanol–water partition coefficient (Wildman–Crippen LogP) is 5.30. The third kappa shape index (κ3) is 4.69. The molecule has 152 valence electrons. The Labute approximate surface area is 172 Å². The summed E-state index contributed by atoms with van der Waals surface area (Å²) in [5.41, 5.74) is 2.86. The van der Waals surface area contributed by atoms with Gasteiger partial charge in [-0.15, -0.1) is 0 Å². The first kappa shape index (κ1) is 20.7. The lowest BCUT2D eigenvalue weighted by molar-refractivity contribution is 0.0696. The third-order valence-electron chi connectivity index (χ3n) is 5.23. The number of likely N-dealkylation sites (N-methyl/N-ethyl adjacent to an activating group) is 1. The summed E-state index contributed by atoms with van der Waals surface area (Å²) < 4.78 is 8.19. The highest BCUT2D eigenvalue weighted by molar-refractivity contribution is 5.92. The lowest BCUT2D eigenvalue weighted by atomic mass is 10.0. The minimum atomic E-state index is -0.910. The zero-order chi connectivity index (χ0) is 20.8. The van der Waals surface area contributed by atoms with E-state index in [2.05, 4.69) is 18.7 Å². The SMILES string of the molecule is CCN(CC)CCn1cc(C(=O)O)c(C)c1-c1ccccc1Oc1ccccc1. The van der Waals surface area contributed by atoms with Gasteiger partial charge in [0.2, 0.25) is 0 Å². The summed E-state index contributed by atoms with van der Waals surface area (Å²) in [7, 11) is 0. The van der Waals surface area contributed by atoms with Gasteiger partial charge >= 0.3 is 5.97 Å². The Kier molecular flexibility index (Phi) is 6.73. The van der Waals surface area contributed by atoms with Crippen molar-refractivity contribution < 1.29 is 14.6 Å². The van der Waals surface area contributed by atoms with Crippen molar-refractivity contribution in [2.24, 2.45) is 0 Å². The van der Waals surface area contributed by atoms with Crippen molar-refractivity contribution in [1.82, 2.24) is 9.47 Å². The largest absolute Gasteiger partial charge is 0.478 e. The summed E-state index contributed by atoms with van der Waals surface area (Å²) in [5.74, 6) is 0.546. The van der Waals surface area contributed by atoms with Crippen LogP contribution in [0.2, 0.25) is 0 Å². The average molecular weight is 392 g/mol. The van der Waals surface area contributed by atoms with Crippen LogP contribution in [0.4, 0.5) is 0 Å². The smallest absolute Gasteiger partial charge is 0.337 e. The molecule has 3 aromatic rings. The van der Waals surface area contributed by atoms with Crippen LogP contribution in [0.1, 0.15) is 29.8 Å². The lowest BCUT2D eigenvalue weighted by Crippen LogP contribution is -2.27. The molecule has 0 aliphatic rings. The molecule has 0 saturated carbocycles. The monoisotopic (exact) mass is 392 g/mol. The van der Waals surface area contributed by atoms with Gasteiger partial charge < -0.3 is 19.3 Å². The summed E-state index contributed by atoms with van der Waals surface area (Å²) in [6.45, 7) is 9.64. The second-order valence-corrected chi connectivity index (χ2v) is 6.95. The summed E-state index contributed by atoms with van der Waals surface area (Å²) in [6, 6.07) is 17.4. The van der Waals surface area contributed by atoms with E-state index in [9.17, 15) is 9.90 Å². The van der Waals surface area contributed by atoms with Crippen LogP contribution in [0.3, 0.4) is 0 Å². The summed E-state index contributed by atoms with van der Waals surface area (Å²) in [5, 5.41) is 9.67. The molecule has 1 heterocycles. The molecule has 0 spiro atoms. The number of rotatable bonds is 9. The van der Waals surface area contributed by atoms with Gasteiger partial charge in [-0.3, -0.25) is 0 Å². The van der Waals surface area contributed by atoms with Gasteiger partial charge in [-0.25, -0.2) is 4.79 Å². The van der Waals surface area contributed by atoms with Gasteiger partial charge in [-0.05, 0) is 49.8 Å². The van der Waals surface area contributed by atoms with Crippen molar-refractivity contribution in [2.75, 3.05) is 19.6 Å². The molecule has 0 aliphatic heterocycles. The molecule has 2 aromatic carbocycles. The highest BCUT2D eigenvalue weighted by atomic mass is 16.5. The zero-order valence-corrected chi connectivity index (χ0v) is 17.3. The molecule has 0 fully saturated rings. The van der Waals surface area contributed by atoms with Crippen molar-refractivity contribution in [3.8, 4) is 22.8 Å². The minimum Gasteiger partial charge on any atom is -0.478 e. The Balaban J connectivity index is 2.04.